The monoisotopic (exact) mass is 365 g/mol. The highest BCUT2D eigenvalue weighted by Gasteiger charge is 2.21. The Labute approximate surface area is 157 Å². The van der Waals surface area contributed by atoms with Gasteiger partial charge in [0.25, 0.3) is 5.56 Å². The summed E-state index contributed by atoms with van der Waals surface area (Å²) >= 11 is 0. The van der Waals surface area contributed by atoms with Crippen LogP contribution in [-0.4, -0.2) is 50.9 Å². The molecule has 1 fully saturated rings. The molecule has 8 heteroatoms. The number of anilines is 2. The first-order chi connectivity index (χ1) is 13.1. The molecule has 8 nitrogen and oxygen atoms in total. The number of hydrogen-bond donors (Lipinski definition) is 0. The van der Waals surface area contributed by atoms with E-state index in [-0.39, 0.29) is 5.56 Å². The summed E-state index contributed by atoms with van der Waals surface area (Å²) in [6.07, 6.45) is 3.31. The summed E-state index contributed by atoms with van der Waals surface area (Å²) in [4.78, 5) is 29.5. The van der Waals surface area contributed by atoms with E-state index in [2.05, 4.69) is 43.7 Å². The Balaban J connectivity index is 1.51. The van der Waals surface area contributed by atoms with Crippen molar-refractivity contribution in [1.29, 1.82) is 0 Å². The summed E-state index contributed by atoms with van der Waals surface area (Å²) in [7, 11) is 0. The van der Waals surface area contributed by atoms with Gasteiger partial charge in [-0.2, -0.15) is 5.10 Å². The Kier molecular flexibility index (Phi) is 4.70. The van der Waals surface area contributed by atoms with Crippen LogP contribution in [0.5, 0.6) is 0 Å². The predicted molar refractivity (Wildman–Crippen MR) is 105 cm³/mol. The Bertz CT molecular complexity index is 987. The zero-order chi connectivity index (χ0) is 18.8. The number of aromatic nitrogens is 5. The molecule has 3 aromatic heterocycles. The Morgan fingerprint density at radius 2 is 1.78 bits per heavy atom. The maximum absolute atomic E-state index is 12.0. The average Bonchev–Trinajstić information content (AvgIpc) is 2.69. The first-order valence-electron chi connectivity index (χ1n) is 9.25. The largest absolute Gasteiger partial charge is 0.352 e. The van der Waals surface area contributed by atoms with E-state index in [9.17, 15) is 4.79 Å². The molecule has 0 amide bonds. The van der Waals surface area contributed by atoms with Gasteiger partial charge in [0.2, 0.25) is 0 Å². The molecule has 3 aromatic rings. The number of hydrogen-bond acceptors (Lipinski definition) is 7. The van der Waals surface area contributed by atoms with E-state index < -0.39 is 0 Å². The van der Waals surface area contributed by atoms with Gasteiger partial charge < -0.3 is 9.80 Å². The van der Waals surface area contributed by atoms with Crippen LogP contribution in [0.1, 0.15) is 13.8 Å². The highest BCUT2D eigenvalue weighted by atomic mass is 16.1. The first-order valence-corrected chi connectivity index (χ1v) is 9.25. The maximum atomic E-state index is 12.0. The molecular formula is C19H23N7O. The van der Waals surface area contributed by atoms with Crippen LogP contribution in [0.15, 0.2) is 41.6 Å². The van der Waals surface area contributed by atoms with E-state index >= 15 is 0 Å². The Hall–Kier alpha value is -3.03. The molecule has 1 aliphatic heterocycles. The molecule has 0 spiro atoms. The van der Waals surface area contributed by atoms with E-state index in [1.165, 1.54) is 0 Å². The minimum atomic E-state index is -0.0500. The molecule has 0 atom stereocenters. The fraction of sp³-hybridized carbons (Fsp3) is 0.421. The third-order valence-electron chi connectivity index (χ3n) is 4.68. The number of rotatable bonds is 4. The van der Waals surface area contributed by atoms with Crippen molar-refractivity contribution in [2.75, 3.05) is 36.0 Å². The van der Waals surface area contributed by atoms with Gasteiger partial charge in [-0.05, 0) is 24.1 Å². The summed E-state index contributed by atoms with van der Waals surface area (Å²) in [6, 6.07) is 7.35. The maximum Gasteiger partial charge on any atom is 0.266 e. The average molecular weight is 365 g/mol. The van der Waals surface area contributed by atoms with Gasteiger partial charge in [-0.1, -0.05) is 13.8 Å². The molecule has 0 bridgehead atoms. The van der Waals surface area contributed by atoms with Crippen molar-refractivity contribution in [3.05, 3.63) is 47.1 Å². The Morgan fingerprint density at radius 3 is 2.56 bits per heavy atom. The van der Waals surface area contributed by atoms with Gasteiger partial charge in [0.15, 0.2) is 5.65 Å². The highest BCUT2D eigenvalue weighted by Crippen LogP contribution is 2.23. The smallest absolute Gasteiger partial charge is 0.266 e. The van der Waals surface area contributed by atoms with Crippen molar-refractivity contribution >= 4 is 22.7 Å². The van der Waals surface area contributed by atoms with Gasteiger partial charge in [-0.3, -0.25) is 4.79 Å². The van der Waals surface area contributed by atoms with E-state index in [0.717, 1.165) is 43.2 Å². The number of fused-ring (bicyclic) bond motifs is 1. The fourth-order valence-corrected chi connectivity index (χ4v) is 3.36. The van der Waals surface area contributed by atoms with Crippen molar-refractivity contribution in [1.82, 2.24) is 24.7 Å². The first kappa shape index (κ1) is 17.4. The molecule has 0 radical (unpaired) electrons. The van der Waals surface area contributed by atoms with Crippen LogP contribution in [0.4, 0.5) is 11.6 Å². The van der Waals surface area contributed by atoms with Gasteiger partial charge >= 0.3 is 0 Å². The molecule has 0 aromatic carbocycles. The van der Waals surface area contributed by atoms with Gasteiger partial charge in [-0.15, -0.1) is 0 Å². The zero-order valence-electron chi connectivity index (χ0n) is 15.6. The van der Waals surface area contributed by atoms with Gasteiger partial charge in [0.1, 0.15) is 18.0 Å². The lowest BCUT2D eigenvalue weighted by Crippen LogP contribution is -2.47. The van der Waals surface area contributed by atoms with Crippen LogP contribution < -0.4 is 15.4 Å². The van der Waals surface area contributed by atoms with E-state index in [1.54, 1.807) is 23.3 Å². The quantitative estimate of drug-likeness (QED) is 0.694. The van der Waals surface area contributed by atoms with Gasteiger partial charge in [-0.25, -0.2) is 19.6 Å². The fourth-order valence-electron chi connectivity index (χ4n) is 3.36. The SMILES string of the molecule is CC(C)Cn1nc(N2CCN(c3ncnc4ncccc34)CC2)ccc1=O. The predicted octanol–water partition coefficient (Wildman–Crippen LogP) is 1.56. The standard InChI is InChI=1S/C19H23N7O/c1-14(2)12-26-17(27)6-5-16(23-26)24-8-10-25(11-9-24)19-15-4-3-7-20-18(15)21-13-22-19/h3-7,13-14H,8-12H2,1-2H3. The van der Waals surface area contributed by atoms with Gasteiger partial charge in [0.05, 0.1) is 5.39 Å². The molecule has 27 heavy (non-hydrogen) atoms. The van der Waals surface area contributed by atoms with Crippen LogP contribution in [0.25, 0.3) is 11.0 Å². The summed E-state index contributed by atoms with van der Waals surface area (Å²) in [6.45, 7) is 8.09. The van der Waals surface area contributed by atoms with Crippen molar-refractivity contribution in [2.24, 2.45) is 5.92 Å². The lowest BCUT2D eigenvalue weighted by Gasteiger charge is -2.36. The number of piperazine rings is 1. The molecule has 0 N–H and O–H groups in total. The molecule has 0 aliphatic carbocycles. The second-order valence-electron chi connectivity index (χ2n) is 7.15. The van der Waals surface area contributed by atoms with Gasteiger partial charge in [0, 0.05) is 45.0 Å². The minimum absolute atomic E-state index is 0.0500. The number of pyridine rings is 1. The van der Waals surface area contributed by atoms with Crippen LogP contribution in [0, 0.1) is 5.92 Å². The van der Waals surface area contributed by atoms with E-state index in [4.69, 9.17) is 0 Å². The molecule has 1 saturated heterocycles. The van der Waals surface area contributed by atoms with E-state index in [1.807, 2.05) is 18.2 Å². The molecule has 4 heterocycles. The van der Waals surface area contributed by atoms with Crippen LogP contribution in [-0.2, 0) is 6.54 Å². The Morgan fingerprint density at radius 1 is 1.00 bits per heavy atom. The second kappa shape index (κ2) is 7.30. The van der Waals surface area contributed by atoms with E-state index in [0.29, 0.717) is 18.1 Å². The van der Waals surface area contributed by atoms with Crippen molar-refractivity contribution in [2.45, 2.75) is 20.4 Å². The summed E-state index contributed by atoms with van der Waals surface area (Å²) in [5.41, 5.74) is 0.665. The molecule has 0 saturated carbocycles. The normalized spacial score (nSPS) is 14.9. The van der Waals surface area contributed by atoms with Crippen LogP contribution in [0.3, 0.4) is 0 Å². The summed E-state index contributed by atoms with van der Waals surface area (Å²) in [5.74, 6) is 2.15. The highest BCUT2D eigenvalue weighted by molar-refractivity contribution is 5.86. The third-order valence-corrected chi connectivity index (χ3v) is 4.68. The second-order valence-corrected chi connectivity index (χ2v) is 7.15. The molecule has 0 unspecified atom stereocenters. The van der Waals surface area contributed by atoms with Crippen molar-refractivity contribution in [3.8, 4) is 0 Å². The van der Waals surface area contributed by atoms with Crippen molar-refractivity contribution in [3.63, 3.8) is 0 Å². The molecule has 1 aliphatic rings. The zero-order valence-corrected chi connectivity index (χ0v) is 15.6. The third kappa shape index (κ3) is 3.60. The summed E-state index contributed by atoms with van der Waals surface area (Å²) in [5, 5.41) is 5.53. The lowest BCUT2D eigenvalue weighted by molar-refractivity contribution is 0.461. The number of nitrogens with zero attached hydrogens (tertiary/aromatic N) is 7. The lowest BCUT2D eigenvalue weighted by atomic mass is 10.2. The topological polar surface area (TPSA) is 80.0 Å². The van der Waals surface area contributed by atoms with Crippen LogP contribution in [0.2, 0.25) is 0 Å². The van der Waals surface area contributed by atoms with Crippen molar-refractivity contribution < 1.29 is 0 Å². The molecular weight excluding hydrogens is 342 g/mol. The minimum Gasteiger partial charge on any atom is -0.352 e. The molecule has 4 rings (SSSR count). The molecule has 140 valence electrons. The van der Waals surface area contributed by atoms with Crippen LogP contribution >= 0.6 is 0 Å². The summed E-state index contributed by atoms with van der Waals surface area (Å²) < 4.78 is 1.57.